The molecule has 0 radical (unpaired) electrons. The highest BCUT2D eigenvalue weighted by Gasteiger charge is 2.41. The summed E-state index contributed by atoms with van der Waals surface area (Å²) in [6.07, 6.45) is 20.0. The molecule has 0 aromatic carbocycles. The Bertz CT molecular complexity index is 428. The zero-order valence-electron chi connectivity index (χ0n) is 13.5. The van der Waals surface area contributed by atoms with Crippen LogP contribution in [0.25, 0.3) is 0 Å². The van der Waals surface area contributed by atoms with E-state index >= 15 is 0 Å². The molecule has 0 saturated heterocycles. The average molecular weight is 304 g/mol. The van der Waals surface area contributed by atoms with Crippen LogP contribution in [0.15, 0.2) is 23.8 Å². The smallest absolute Gasteiger partial charge is 0.335 e. The van der Waals surface area contributed by atoms with Gasteiger partial charge >= 0.3 is 5.97 Å². The van der Waals surface area contributed by atoms with Gasteiger partial charge in [-0.3, -0.25) is 0 Å². The van der Waals surface area contributed by atoms with Crippen LogP contribution in [-0.2, 0) is 14.3 Å². The van der Waals surface area contributed by atoms with Crippen molar-refractivity contribution in [2.45, 2.75) is 82.7 Å². The highest BCUT2D eigenvalue weighted by molar-refractivity contribution is 5.91. The Kier molecular flexibility index (Phi) is 6.88. The van der Waals surface area contributed by atoms with Crippen LogP contribution in [0.5, 0.6) is 0 Å². The maximum absolute atomic E-state index is 11.9. The molecule has 122 valence electrons. The number of unbranched alkanes of at least 4 members (excludes halogenated alkanes) is 6. The molecule has 0 aromatic rings. The van der Waals surface area contributed by atoms with Crippen LogP contribution in [0.4, 0.5) is 0 Å². The summed E-state index contributed by atoms with van der Waals surface area (Å²) >= 11 is 0. The number of carbonyl (C=O) groups excluding carboxylic acids is 2. The molecule has 0 bridgehead atoms. The van der Waals surface area contributed by atoms with Crippen LogP contribution in [0, 0.1) is 0 Å². The molecule has 3 heteroatoms. The van der Waals surface area contributed by atoms with Crippen LogP contribution in [0.1, 0.15) is 77.0 Å². The monoisotopic (exact) mass is 304 g/mol. The Labute approximate surface area is 133 Å². The summed E-state index contributed by atoms with van der Waals surface area (Å²) in [5.41, 5.74) is 0.592. The molecule has 0 aromatic heterocycles. The molecule has 0 amide bonds. The predicted octanol–water partition coefficient (Wildman–Crippen LogP) is 4.66. The lowest BCUT2D eigenvalue weighted by Crippen LogP contribution is -2.23. The molecule has 1 saturated carbocycles. The molecule has 1 heterocycles. The molecule has 2 rings (SSSR count). The minimum Gasteiger partial charge on any atom is -0.451 e. The molecule has 1 aliphatic carbocycles. The molecule has 2 aliphatic rings. The number of hydrogen-bond acceptors (Lipinski definition) is 3. The number of ether oxygens (including phenoxy) is 1. The van der Waals surface area contributed by atoms with Gasteiger partial charge in [-0.05, 0) is 57.4 Å². The lowest BCUT2D eigenvalue weighted by Gasteiger charge is -2.18. The topological polar surface area (TPSA) is 43.4 Å². The van der Waals surface area contributed by atoms with Gasteiger partial charge in [-0.15, -0.1) is 0 Å². The van der Waals surface area contributed by atoms with E-state index < -0.39 is 0 Å². The molecule has 3 nitrogen and oxygen atoms in total. The second kappa shape index (κ2) is 8.92. The van der Waals surface area contributed by atoms with Gasteiger partial charge in [0.2, 0.25) is 0 Å². The highest BCUT2D eigenvalue weighted by atomic mass is 16.6. The third-order valence-electron chi connectivity index (χ3n) is 4.64. The average Bonchev–Trinajstić information content (AvgIpc) is 3.08. The van der Waals surface area contributed by atoms with Crippen molar-refractivity contribution >= 4 is 12.3 Å². The number of rotatable bonds is 10. The summed E-state index contributed by atoms with van der Waals surface area (Å²) in [4.78, 5) is 22.1. The fraction of sp³-hybridized carbons (Fsp3) is 0.684. The molecular weight excluding hydrogens is 276 g/mol. The van der Waals surface area contributed by atoms with Gasteiger partial charge in [-0.25, -0.2) is 4.79 Å². The van der Waals surface area contributed by atoms with E-state index in [2.05, 4.69) is 18.2 Å². The SMILES string of the molecule is O=CCCCCCCC/C=C/CC1=CC2(CCCC2)OC1=O. The van der Waals surface area contributed by atoms with Crippen molar-refractivity contribution in [3.63, 3.8) is 0 Å². The number of allylic oxidation sites excluding steroid dienone is 2. The number of esters is 1. The van der Waals surface area contributed by atoms with Gasteiger partial charge in [0.15, 0.2) is 0 Å². The van der Waals surface area contributed by atoms with Crippen LogP contribution in [0.2, 0.25) is 0 Å². The van der Waals surface area contributed by atoms with Gasteiger partial charge in [-0.1, -0.05) is 31.4 Å². The standard InChI is InChI=1S/C19H28O3/c20-15-11-7-5-3-1-2-4-6-8-12-17-16-19(22-18(17)21)13-9-10-14-19/h6,8,15-16H,1-5,7,9-14H2/b8-6+. The fourth-order valence-corrected chi connectivity index (χ4v) is 3.37. The predicted molar refractivity (Wildman–Crippen MR) is 87.5 cm³/mol. The molecule has 1 spiro atoms. The maximum Gasteiger partial charge on any atom is 0.335 e. The van der Waals surface area contributed by atoms with E-state index in [0.717, 1.165) is 44.0 Å². The van der Waals surface area contributed by atoms with Crippen LogP contribution in [-0.4, -0.2) is 17.9 Å². The van der Waals surface area contributed by atoms with Crippen molar-refractivity contribution in [2.24, 2.45) is 0 Å². The normalized spacial score (nSPS) is 19.8. The Morgan fingerprint density at radius 2 is 1.68 bits per heavy atom. The first kappa shape index (κ1) is 17.0. The number of hydrogen-bond donors (Lipinski definition) is 0. The van der Waals surface area contributed by atoms with E-state index in [1.807, 2.05) is 0 Å². The van der Waals surface area contributed by atoms with Crippen molar-refractivity contribution in [3.05, 3.63) is 23.8 Å². The third-order valence-corrected chi connectivity index (χ3v) is 4.64. The Morgan fingerprint density at radius 1 is 1.00 bits per heavy atom. The Balaban J connectivity index is 1.57. The first-order valence-electron chi connectivity index (χ1n) is 8.79. The summed E-state index contributed by atoms with van der Waals surface area (Å²) in [7, 11) is 0. The highest BCUT2D eigenvalue weighted by Crippen LogP contribution is 2.40. The summed E-state index contributed by atoms with van der Waals surface area (Å²) in [6, 6.07) is 0. The molecule has 0 atom stereocenters. The fourth-order valence-electron chi connectivity index (χ4n) is 3.37. The van der Waals surface area contributed by atoms with Crippen molar-refractivity contribution < 1.29 is 14.3 Å². The van der Waals surface area contributed by atoms with Gasteiger partial charge in [0.25, 0.3) is 0 Å². The first-order chi connectivity index (χ1) is 10.8. The van der Waals surface area contributed by atoms with Crippen LogP contribution in [0.3, 0.4) is 0 Å². The molecule has 22 heavy (non-hydrogen) atoms. The van der Waals surface area contributed by atoms with Crippen LogP contribution < -0.4 is 0 Å². The molecular formula is C19H28O3. The molecule has 0 unspecified atom stereocenters. The van der Waals surface area contributed by atoms with E-state index in [9.17, 15) is 9.59 Å². The first-order valence-corrected chi connectivity index (χ1v) is 8.79. The van der Waals surface area contributed by atoms with Crippen molar-refractivity contribution in [2.75, 3.05) is 0 Å². The zero-order valence-corrected chi connectivity index (χ0v) is 13.5. The Morgan fingerprint density at radius 3 is 2.41 bits per heavy atom. The van der Waals surface area contributed by atoms with E-state index in [1.165, 1.54) is 32.1 Å². The minimum atomic E-state index is -0.248. The summed E-state index contributed by atoms with van der Waals surface area (Å²) in [5.74, 6) is -0.110. The largest absolute Gasteiger partial charge is 0.451 e. The minimum absolute atomic E-state index is 0.110. The second-order valence-corrected chi connectivity index (χ2v) is 6.52. The third kappa shape index (κ3) is 5.11. The number of carbonyl (C=O) groups is 2. The van der Waals surface area contributed by atoms with Crippen molar-refractivity contribution in [1.82, 2.24) is 0 Å². The maximum atomic E-state index is 11.9. The van der Waals surface area contributed by atoms with Gasteiger partial charge in [0.1, 0.15) is 11.9 Å². The van der Waals surface area contributed by atoms with Crippen molar-refractivity contribution in [1.29, 1.82) is 0 Å². The van der Waals surface area contributed by atoms with Crippen molar-refractivity contribution in [3.8, 4) is 0 Å². The summed E-state index contributed by atoms with van der Waals surface area (Å²) < 4.78 is 5.57. The molecule has 0 N–H and O–H groups in total. The van der Waals surface area contributed by atoms with Crippen LogP contribution >= 0.6 is 0 Å². The van der Waals surface area contributed by atoms with E-state index in [-0.39, 0.29) is 11.6 Å². The number of aldehydes is 1. The van der Waals surface area contributed by atoms with E-state index in [4.69, 9.17) is 4.74 Å². The quantitative estimate of drug-likeness (QED) is 0.255. The second-order valence-electron chi connectivity index (χ2n) is 6.52. The van der Waals surface area contributed by atoms with Gasteiger partial charge in [0.05, 0.1) is 0 Å². The van der Waals surface area contributed by atoms with E-state index in [1.54, 1.807) is 0 Å². The summed E-state index contributed by atoms with van der Waals surface area (Å²) in [5, 5.41) is 0. The summed E-state index contributed by atoms with van der Waals surface area (Å²) in [6.45, 7) is 0. The Hall–Kier alpha value is -1.38. The lowest BCUT2D eigenvalue weighted by atomic mass is 10.0. The molecule has 1 fully saturated rings. The molecule has 1 aliphatic heterocycles. The van der Waals surface area contributed by atoms with E-state index in [0.29, 0.717) is 12.8 Å². The van der Waals surface area contributed by atoms with Gasteiger partial charge < -0.3 is 9.53 Å². The van der Waals surface area contributed by atoms with Gasteiger partial charge in [-0.2, -0.15) is 0 Å². The lowest BCUT2D eigenvalue weighted by molar-refractivity contribution is -0.146. The van der Waals surface area contributed by atoms with Gasteiger partial charge in [0, 0.05) is 12.0 Å². The zero-order chi connectivity index (χ0) is 15.7.